The van der Waals surface area contributed by atoms with E-state index in [9.17, 15) is 0 Å². The fourth-order valence-corrected chi connectivity index (χ4v) is 21.9. The first-order chi connectivity index (χ1) is 63.1. The molecule has 0 spiro atoms. The van der Waals surface area contributed by atoms with E-state index in [4.69, 9.17) is 17.7 Å². The third kappa shape index (κ3) is 11.6. The summed E-state index contributed by atoms with van der Waals surface area (Å²) in [5.74, 6) is 0. The van der Waals surface area contributed by atoms with Gasteiger partial charge in [0.1, 0.15) is 44.7 Å². The molecule has 0 aliphatic heterocycles. The van der Waals surface area contributed by atoms with Crippen LogP contribution in [0.2, 0.25) is 0 Å². The lowest BCUT2D eigenvalue weighted by molar-refractivity contribution is 0.659. The maximum atomic E-state index is 7.00. The van der Waals surface area contributed by atoms with E-state index in [0.29, 0.717) is 0 Å². The van der Waals surface area contributed by atoms with E-state index in [0.717, 1.165) is 178 Å². The van der Waals surface area contributed by atoms with Crippen LogP contribution in [0.25, 0.3) is 199 Å². The van der Waals surface area contributed by atoms with Crippen LogP contribution in [0.4, 0.5) is 34.1 Å². The van der Waals surface area contributed by atoms with Gasteiger partial charge in [0.25, 0.3) is 0 Å². The average molecular weight is 1650 g/mol. The summed E-state index contributed by atoms with van der Waals surface area (Å²) in [4.78, 5) is 4.88. The van der Waals surface area contributed by atoms with Crippen LogP contribution in [0.1, 0.15) is 74.9 Å². The molecule has 610 valence electrons. The number of rotatable bonds is 13. The zero-order valence-corrected chi connectivity index (χ0v) is 72.1. The van der Waals surface area contributed by atoms with Crippen LogP contribution in [0.15, 0.2) is 418 Å². The van der Waals surface area contributed by atoms with Gasteiger partial charge in [0.2, 0.25) is 0 Å². The Balaban J connectivity index is 0.507. The summed E-state index contributed by atoms with van der Waals surface area (Å²) in [7, 11) is 0. The summed E-state index contributed by atoms with van der Waals surface area (Å²) >= 11 is 0. The van der Waals surface area contributed by atoms with Gasteiger partial charge in [-0.1, -0.05) is 302 Å². The summed E-state index contributed by atoms with van der Waals surface area (Å²) in [6.07, 6.45) is 0. The average Bonchev–Trinajstić information content (AvgIpc) is 1.57. The molecular weight excluding hydrogens is 1570 g/mol. The van der Waals surface area contributed by atoms with E-state index >= 15 is 0 Å². The Bertz CT molecular complexity index is 8620. The maximum absolute atomic E-state index is 7.00. The van der Waals surface area contributed by atoms with Crippen molar-refractivity contribution in [3.63, 3.8) is 0 Å². The second-order valence-electron chi connectivity index (χ2n) is 37.0. The Labute approximate surface area is 747 Å². The zero-order chi connectivity index (χ0) is 85.9. The van der Waals surface area contributed by atoms with Crippen molar-refractivity contribution in [2.75, 3.05) is 9.80 Å². The standard InChI is InChI=1S/C123H84N2O4/c1-121(2)107-25-11-7-17-93(107)95-58-54-88(70-110(95)121)124(85-48-37-76(38-49-85)75-31-29-73(30-32-75)74-33-35-77(36-34-74)80-45-62-116-104(66-80)99-19-9-12-26-113(99)126-116)86-52-41-79(42-53-86)91-21-15-24-102-106-68-83(47-64-118(106)129-119(91)102)82-44-61-108-103(65-82)97-60-56-90(72-112(97)122(108,3)4)125(87-50-39-78(40-51-87)81-46-63-117-105(67-81)100-20-10-13-27-114(100)127-117)89-55-59-96-94-57-43-84(69-109(94)123(5,6)111(96)71-89)92-22-16-23-101-98-18-8-14-28-115(98)128-120(92)101/h7-72H,1-6H3. The minimum Gasteiger partial charge on any atom is -0.456 e. The number of furan rings is 4. The molecule has 26 rings (SSSR count). The predicted octanol–water partition coefficient (Wildman–Crippen LogP) is 34.8. The first kappa shape index (κ1) is 74.4. The molecule has 4 aromatic heterocycles. The number of nitrogens with zero attached hydrogens (tertiary/aromatic N) is 2. The minimum absolute atomic E-state index is 0.178. The second-order valence-corrected chi connectivity index (χ2v) is 37.0. The molecule has 129 heavy (non-hydrogen) atoms. The molecule has 0 N–H and O–H groups in total. The number of anilines is 6. The van der Waals surface area contributed by atoms with Crippen molar-refractivity contribution in [1.29, 1.82) is 0 Å². The molecule has 0 atom stereocenters. The smallest absolute Gasteiger partial charge is 0.143 e. The Morgan fingerprint density at radius 1 is 0.155 bits per heavy atom. The summed E-state index contributed by atoms with van der Waals surface area (Å²) < 4.78 is 26.1. The molecule has 6 heteroatoms. The van der Waals surface area contributed by atoms with Crippen molar-refractivity contribution in [1.82, 2.24) is 0 Å². The third-order valence-electron chi connectivity index (χ3n) is 28.8. The van der Waals surface area contributed by atoms with Gasteiger partial charge in [-0.15, -0.1) is 0 Å². The van der Waals surface area contributed by atoms with Crippen molar-refractivity contribution >= 4 is 122 Å². The molecule has 3 aliphatic carbocycles. The molecule has 0 saturated heterocycles. The molecule has 0 saturated carbocycles. The van der Waals surface area contributed by atoms with E-state index in [-0.39, 0.29) is 16.2 Å². The van der Waals surface area contributed by atoms with E-state index in [1.54, 1.807) is 0 Å². The molecule has 19 aromatic carbocycles. The molecule has 0 bridgehead atoms. The number of para-hydroxylation sites is 5. The van der Waals surface area contributed by atoms with Crippen molar-refractivity contribution in [2.24, 2.45) is 0 Å². The first-order valence-corrected chi connectivity index (χ1v) is 44.8. The van der Waals surface area contributed by atoms with Crippen molar-refractivity contribution in [3.05, 3.63) is 434 Å². The summed E-state index contributed by atoms with van der Waals surface area (Å²) in [6.45, 7) is 14.3. The number of hydrogen-bond donors (Lipinski definition) is 0. The zero-order valence-electron chi connectivity index (χ0n) is 72.1. The van der Waals surface area contributed by atoms with E-state index in [1.165, 1.54) is 89.0 Å². The van der Waals surface area contributed by atoms with Crippen LogP contribution in [0.3, 0.4) is 0 Å². The third-order valence-corrected chi connectivity index (χ3v) is 28.8. The summed E-state index contributed by atoms with van der Waals surface area (Å²) in [6, 6.07) is 147. The van der Waals surface area contributed by atoms with Gasteiger partial charge in [0, 0.05) is 105 Å². The van der Waals surface area contributed by atoms with E-state index in [1.807, 2.05) is 30.3 Å². The number of benzene rings is 19. The highest BCUT2D eigenvalue weighted by molar-refractivity contribution is 6.13. The van der Waals surface area contributed by atoms with Crippen LogP contribution in [-0.4, -0.2) is 0 Å². The molecule has 0 amide bonds. The Morgan fingerprint density at radius 3 is 0.915 bits per heavy atom. The highest BCUT2D eigenvalue weighted by Gasteiger charge is 2.40. The Morgan fingerprint density at radius 2 is 0.426 bits per heavy atom. The second kappa shape index (κ2) is 28.0. The monoisotopic (exact) mass is 1650 g/mol. The van der Waals surface area contributed by atoms with Crippen LogP contribution < -0.4 is 9.80 Å². The lowest BCUT2D eigenvalue weighted by Crippen LogP contribution is -2.18. The minimum atomic E-state index is -0.321. The Kier molecular flexibility index (Phi) is 16.1. The van der Waals surface area contributed by atoms with Crippen LogP contribution >= 0.6 is 0 Å². The Hall–Kier alpha value is -16.0. The van der Waals surface area contributed by atoms with Crippen molar-refractivity contribution in [2.45, 2.75) is 57.8 Å². The first-order valence-electron chi connectivity index (χ1n) is 44.8. The highest BCUT2D eigenvalue weighted by Crippen LogP contribution is 2.57. The van der Waals surface area contributed by atoms with Gasteiger partial charge >= 0.3 is 0 Å². The topological polar surface area (TPSA) is 59.0 Å². The van der Waals surface area contributed by atoms with Gasteiger partial charge < -0.3 is 27.5 Å². The quantitative estimate of drug-likeness (QED) is 0.115. The highest BCUT2D eigenvalue weighted by atomic mass is 16.3. The lowest BCUT2D eigenvalue weighted by Gasteiger charge is -2.30. The van der Waals surface area contributed by atoms with Crippen molar-refractivity contribution in [3.8, 4) is 111 Å². The summed E-state index contributed by atoms with van der Waals surface area (Å²) in [5, 5.41) is 8.94. The molecule has 0 fully saturated rings. The van der Waals surface area contributed by atoms with Crippen LogP contribution in [0.5, 0.6) is 0 Å². The maximum Gasteiger partial charge on any atom is 0.143 e. The fourth-order valence-electron chi connectivity index (χ4n) is 21.9. The largest absolute Gasteiger partial charge is 0.456 e. The molecule has 0 unspecified atom stereocenters. The van der Waals surface area contributed by atoms with Crippen LogP contribution in [-0.2, 0) is 16.2 Å². The van der Waals surface area contributed by atoms with Gasteiger partial charge in [0.15, 0.2) is 0 Å². The van der Waals surface area contributed by atoms with Gasteiger partial charge in [0.05, 0.1) is 0 Å². The summed E-state index contributed by atoms with van der Waals surface area (Å²) in [5.41, 5.74) is 44.3. The van der Waals surface area contributed by atoms with Gasteiger partial charge in [-0.3, -0.25) is 0 Å². The normalized spacial score (nSPS) is 13.7. The van der Waals surface area contributed by atoms with Crippen molar-refractivity contribution < 1.29 is 17.7 Å². The van der Waals surface area contributed by atoms with Crippen LogP contribution in [0, 0.1) is 0 Å². The molecule has 0 radical (unpaired) electrons. The molecule has 6 nitrogen and oxygen atoms in total. The SMILES string of the molecule is CC1(C)c2ccccc2-c2ccc(N(c3ccc(-c4ccc(-c5ccc(-c6ccc7oc8ccccc8c7c6)cc5)cc4)cc3)c3ccc(-c4cccc5c4oc4ccc(-c6ccc7c(c6)-c6ccc(N(c8ccc(-c9ccc%10oc%11ccccc%11c%10c9)cc8)c8ccc9c(c8)C(C)(C)c8cc(-c%10cccc%11c%10oc%10ccccc%10%11)ccc8-9)cc6C7(C)C)cc45)cc3)cc21. The van der Waals surface area contributed by atoms with Gasteiger partial charge in [-0.05, 0) is 273 Å². The van der Waals surface area contributed by atoms with Gasteiger partial charge in [-0.25, -0.2) is 0 Å². The molecule has 4 heterocycles. The molecule has 23 aromatic rings. The lowest BCUT2D eigenvalue weighted by atomic mass is 9.81. The number of hydrogen-bond acceptors (Lipinski definition) is 6. The van der Waals surface area contributed by atoms with Gasteiger partial charge in [-0.2, -0.15) is 0 Å². The fraction of sp³-hybridized carbons (Fsp3) is 0.0732. The number of fused-ring (bicyclic) bond motifs is 21. The van der Waals surface area contributed by atoms with E-state index < -0.39 is 0 Å². The molecular formula is C123H84N2O4. The van der Waals surface area contributed by atoms with E-state index in [2.05, 4.69) is 421 Å². The predicted molar refractivity (Wildman–Crippen MR) is 536 cm³/mol. The molecule has 3 aliphatic rings.